The van der Waals surface area contributed by atoms with Crippen molar-refractivity contribution in [3.05, 3.63) is 16.3 Å². The van der Waals surface area contributed by atoms with Crippen molar-refractivity contribution >= 4 is 5.91 Å². The highest BCUT2D eigenvalue weighted by Gasteiger charge is 2.05. The van der Waals surface area contributed by atoms with E-state index in [4.69, 9.17) is 0 Å². The Bertz CT molecular complexity index is 352. The Morgan fingerprint density at radius 1 is 1.57 bits per heavy atom. The lowest BCUT2D eigenvalue weighted by Gasteiger charge is -2.05. The fraction of sp³-hybridized carbons (Fsp3) is 0.625. The first kappa shape index (κ1) is 10.5. The average molecular weight is 198 g/mol. The van der Waals surface area contributed by atoms with Crippen molar-refractivity contribution in [3.8, 4) is 0 Å². The van der Waals surface area contributed by atoms with Crippen LogP contribution in [-0.4, -0.2) is 27.6 Å². The maximum absolute atomic E-state index is 11.1. The fourth-order valence-electron chi connectivity index (χ4n) is 0.932. The van der Waals surface area contributed by atoms with Gasteiger partial charge in [-0.3, -0.25) is 9.78 Å². The van der Waals surface area contributed by atoms with Crippen LogP contribution in [-0.2, 0) is 11.2 Å². The minimum atomic E-state index is -0.324. The van der Waals surface area contributed by atoms with Crippen molar-refractivity contribution in [2.45, 2.75) is 20.3 Å². The van der Waals surface area contributed by atoms with Gasteiger partial charge in [-0.25, -0.2) is 9.89 Å². The van der Waals surface area contributed by atoms with Crippen LogP contribution in [0.1, 0.15) is 19.7 Å². The molecule has 6 heteroatoms. The molecule has 3 N–H and O–H groups in total. The van der Waals surface area contributed by atoms with Crippen LogP contribution in [0, 0.1) is 5.92 Å². The van der Waals surface area contributed by atoms with Crippen molar-refractivity contribution in [2.75, 3.05) is 6.54 Å². The Morgan fingerprint density at radius 2 is 2.29 bits per heavy atom. The molecule has 1 amide bonds. The van der Waals surface area contributed by atoms with Crippen molar-refractivity contribution < 1.29 is 4.79 Å². The molecule has 0 saturated carbocycles. The number of amides is 1. The molecule has 0 spiro atoms. The van der Waals surface area contributed by atoms with Gasteiger partial charge in [0.25, 0.3) is 0 Å². The molecule has 0 bridgehead atoms. The van der Waals surface area contributed by atoms with E-state index >= 15 is 0 Å². The third-order valence-electron chi connectivity index (χ3n) is 1.74. The van der Waals surface area contributed by atoms with Crippen LogP contribution >= 0.6 is 0 Å². The molecule has 0 aromatic carbocycles. The molecule has 0 aliphatic rings. The summed E-state index contributed by atoms with van der Waals surface area (Å²) in [6.45, 7) is 4.13. The van der Waals surface area contributed by atoms with Gasteiger partial charge in [-0.1, -0.05) is 13.8 Å². The van der Waals surface area contributed by atoms with Gasteiger partial charge >= 0.3 is 5.69 Å². The molecule has 14 heavy (non-hydrogen) atoms. The Hall–Kier alpha value is -1.59. The molecule has 1 aromatic heterocycles. The molecular weight excluding hydrogens is 184 g/mol. The minimum Gasteiger partial charge on any atom is -0.355 e. The van der Waals surface area contributed by atoms with Crippen molar-refractivity contribution in [1.29, 1.82) is 0 Å². The number of hydrogen-bond acceptors (Lipinski definition) is 3. The van der Waals surface area contributed by atoms with Gasteiger partial charge in [0.2, 0.25) is 5.91 Å². The summed E-state index contributed by atoms with van der Waals surface area (Å²) in [5.41, 5.74) is -0.324. The quantitative estimate of drug-likeness (QED) is 0.604. The van der Waals surface area contributed by atoms with Crippen molar-refractivity contribution in [2.24, 2.45) is 5.92 Å². The molecule has 0 unspecified atom stereocenters. The molecule has 6 nitrogen and oxygen atoms in total. The van der Waals surface area contributed by atoms with E-state index in [2.05, 4.69) is 20.5 Å². The highest BCUT2D eigenvalue weighted by Crippen LogP contribution is 1.90. The monoisotopic (exact) mass is 198 g/mol. The van der Waals surface area contributed by atoms with Gasteiger partial charge in [-0.05, 0) is 0 Å². The van der Waals surface area contributed by atoms with E-state index in [-0.39, 0.29) is 17.5 Å². The maximum Gasteiger partial charge on any atom is 0.340 e. The predicted octanol–water partition coefficient (Wildman–Crippen LogP) is -0.587. The normalized spacial score (nSPS) is 10.5. The van der Waals surface area contributed by atoms with E-state index in [1.807, 2.05) is 13.8 Å². The number of nitrogens with one attached hydrogen (secondary N) is 3. The van der Waals surface area contributed by atoms with Gasteiger partial charge in [0, 0.05) is 18.9 Å². The zero-order valence-corrected chi connectivity index (χ0v) is 8.26. The lowest BCUT2D eigenvalue weighted by atomic mass is 10.2. The van der Waals surface area contributed by atoms with Crippen LogP contribution in [0.5, 0.6) is 0 Å². The highest BCUT2D eigenvalue weighted by molar-refractivity contribution is 5.77. The number of aromatic amines is 2. The highest BCUT2D eigenvalue weighted by atomic mass is 16.2. The first-order valence-electron chi connectivity index (χ1n) is 4.51. The summed E-state index contributed by atoms with van der Waals surface area (Å²) >= 11 is 0. The van der Waals surface area contributed by atoms with Crippen molar-refractivity contribution in [1.82, 2.24) is 20.5 Å². The summed E-state index contributed by atoms with van der Waals surface area (Å²) in [7, 11) is 0. The second-order valence-electron chi connectivity index (χ2n) is 3.32. The number of aromatic nitrogens is 3. The molecule has 0 atom stereocenters. The summed E-state index contributed by atoms with van der Waals surface area (Å²) < 4.78 is 0. The standard InChI is InChI=1S/C8H14N4O2/c1-5(2)7(13)9-4-3-6-10-8(14)12-11-6/h5H,3-4H2,1-2H3,(H,9,13)(H2,10,11,12,14). The van der Waals surface area contributed by atoms with Crippen LogP contribution in [0.3, 0.4) is 0 Å². The van der Waals surface area contributed by atoms with Gasteiger partial charge < -0.3 is 5.32 Å². The lowest BCUT2D eigenvalue weighted by Crippen LogP contribution is -2.29. The number of hydrogen-bond donors (Lipinski definition) is 3. The average Bonchev–Trinajstić information content (AvgIpc) is 2.51. The van der Waals surface area contributed by atoms with E-state index in [1.165, 1.54) is 0 Å². The Balaban J connectivity index is 2.29. The summed E-state index contributed by atoms with van der Waals surface area (Å²) in [4.78, 5) is 24.3. The first-order chi connectivity index (χ1) is 6.59. The summed E-state index contributed by atoms with van der Waals surface area (Å²) in [5, 5.41) is 8.69. The number of carbonyl (C=O) groups is 1. The number of H-pyrrole nitrogens is 2. The third-order valence-corrected chi connectivity index (χ3v) is 1.74. The predicted molar refractivity (Wildman–Crippen MR) is 50.8 cm³/mol. The second-order valence-corrected chi connectivity index (χ2v) is 3.32. The second kappa shape index (κ2) is 4.59. The first-order valence-corrected chi connectivity index (χ1v) is 4.51. The zero-order chi connectivity index (χ0) is 10.6. The lowest BCUT2D eigenvalue weighted by molar-refractivity contribution is -0.123. The van der Waals surface area contributed by atoms with E-state index in [9.17, 15) is 9.59 Å². The fourth-order valence-corrected chi connectivity index (χ4v) is 0.932. The summed E-state index contributed by atoms with van der Waals surface area (Å²) in [6, 6.07) is 0. The summed E-state index contributed by atoms with van der Waals surface area (Å²) in [6.07, 6.45) is 0.525. The molecule has 0 aliphatic carbocycles. The molecule has 78 valence electrons. The van der Waals surface area contributed by atoms with Crippen LogP contribution in [0.15, 0.2) is 4.79 Å². The van der Waals surface area contributed by atoms with Gasteiger partial charge in [-0.2, -0.15) is 5.10 Å². The smallest absolute Gasteiger partial charge is 0.340 e. The maximum atomic E-state index is 11.1. The Morgan fingerprint density at radius 3 is 2.79 bits per heavy atom. The molecule has 1 rings (SSSR count). The topological polar surface area (TPSA) is 90.6 Å². The molecule has 1 aromatic rings. The Kier molecular flexibility index (Phi) is 3.44. The van der Waals surface area contributed by atoms with E-state index < -0.39 is 0 Å². The largest absolute Gasteiger partial charge is 0.355 e. The molecule has 0 radical (unpaired) electrons. The number of nitrogens with zero attached hydrogens (tertiary/aromatic N) is 1. The van der Waals surface area contributed by atoms with Gasteiger partial charge in [0.1, 0.15) is 5.82 Å². The number of carbonyl (C=O) groups excluding carboxylic acids is 1. The minimum absolute atomic E-state index is 0.00267. The molecular formula is C8H14N4O2. The molecule has 1 heterocycles. The van der Waals surface area contributed by atoms with Gasteiger partial charge in [0.15, 0.2) is 0 Å². The van der Waals surface area contributed by atoms with E-state index in [0.717, 1.165) is 0 Å². The van der Waals surface area contributed by atoms with Crippen LogP contribution in [0.4, 0.5) is 0 Å². The van der Waals surface area contributed by atoms with Crippen LogP contribution in [0.25, 0.3) is 0 Å². The van der Waals surface area contributed by atoms with Gasteiger partial charge in [0.05, 0.1) is 0 Å². The van der Waals surface area contributed by atoms with Crippen LogP contribution in [0.2, 0.25) is 0 Å². The van der Waals surface area contributed by atoms with Crippen molar-refractivity contribution in [3.63, 3.8) is 0 Å². The molecule has 0 saturated heterocycles. The van der Waals surface area contributed by atoms with E-state index in [0.29, 0.717) is 18.8 Å². The zero-order valence-electron chi connectivity index (χ0n) is 8.26. The number of rotatable bonds is 4. The SMILES string of the molecule is CC(C)C(=O)NCCc1n[nH]c(=O)[nH]1. The van der Waals surface area contributed by atoms with Gasteiger partial charge in [-0.15, -0.1) is 0 Å². The molecule has 0 aliphatic heterocycles. The Labute approximate surface area is 81.1 Å². The molecule has 0 fully saturated rings. The third kappa shape index (κ3) is 3.04. The summed E-state index contributed by atoms with van der Waals surface area (Å²) in [5.74, 6) is 0.537. The van der Waals surface area contributed by atoms with E-state index in [1.54, 1.807) is 0 Å². The van der Waals surface area contributed by atoms with Crippen LogP contribution < -0.4 is 11.0 Å².